The van der Waals surface area contributed by atoms with Crippen LogP contribution in [0.1, 0.15) is 18.5 Å². The molecule has 1 atom stereocenters. The number of morpholine rings is 1. The van der Waals surface area contributed by atoms with Crippen LogP contribution in [0.4, 0.5) is 0 Å². The van der Waals surface area contributed by atoms with Crippen molar-refractivity contribution in [3.63, 3.8) is 0 Å². The number of halogens is 2. The standard InChI is InChI=1S/C20H26Cl2N4O4/c1-14(16-3-2-15(21)12-17(16)22)23-18(27)13-24-4-6-25(7-5-24)19(28)20(29)26-8-10-30-11-9-26/h2-3,12,14H,4-11,13H2,1H3,(H,23,27)/t14-/m0/s1. The third-order valence-electron chi connectivity index (χ3n) is 5.31. The van der Waals surface area contributed by atoms with Gasteiger partial charge in [0.05, 0.1) is 25.8 Å². The van der Waals surface area contributed by atoms with Crippen LogP contribution in [0.15, 0.2) is 18.2 Å². The summed E-state index contributed by atoms with van der Waals surface area (Å²) in [4.78, 5) is 42.3. The van der Waals surface area contributed by atoms with Crippen molar-refractivity contribution in [1.29, 1.82) is 0 Å². The summed E-state index contributed by atoms with van der Waals surface area (Å²) in [5.74, 6) is -1.08. The zero-order valence-electron chi connectivity index (χ0n) is 16.9. The number of amides is 3. The Bertz CT molecular complexity index is 793. The lowest BCUT2D eigenvalue weighted by molar-refractivity contribution is -0.155. The lowest BCUT2D eigenvalue weighted by Crippen LogP contribution is -2.55. The Morgan fingerprint density at radius 1 is 1.00 bits per heavy atom. The Labute approximate surface area is 186 Å². The van der Waals surface area contributed by atoms with Gasteiger partial charge in [0.2, 0.25) is 5.91 Å². The topological polar surface area (TPSA) is 82.2 Å². The monoisotopic (exact) mass is 456 g/mol. The first-order valence-corrected chi connectivity index (χ1v) is 10.7. The van der Waals surface area contributed by atoms with Crippen molar-refractivity contribution < 1.29 is 19.1 Å². The maximum absolute atomic E-state index is 12.5. The van der Waals surface area contributed by atoms with E-state index in [1.54, 1.807) is 23.1 Å². The number of carbonyl (C=O) groups excluding carboxylic acids is 3. The highest BCUT2D eigenvalue weighted by atomic mass is 35.5. The summed E-state index contributed by atoms with van der Waals surface area (Å²) in [6, 6.07) is 4.93. The van der Waals surface area contributed by atoms with E-state index in [0.717, 1.165) is 5.56 Å². The molecule has 0 unspecified atom stereocenters. The molecule has 0 aliphatic carbocycles. The van der Waals surface area contributed by atoms with Crippen molar-refractivity contribution >= 4 is 40.9 Å². The molecule has 2 heterocycles. The van der Waals surface area contributed by atoms with Gasteiger partial charge in [-0.15, -0.1) is 0 Å². The summed E-state index contributed by atoms with van der Waals surface area (Å²) in [5.41, 5.74) is 0.798. The van der Waals surface area contributed by atoms with Crippen LogP contribution in [0, 0.1) is 0 Å². The summed E-state index contributed by atoms with van der Waals surface area (Å²) in [5, 5.41) is 3.99. The Morgan fingerprint density at radius 3 is 2.20 bits per heavy atom. The second-order valence-electron chi connectivity index (χ2n) is 7.43. The van der Waals surface area contributed by atoms with E-state index in [9.17, 15) is 14.4 Å². The number of ether oxygens (including phenoxy) is 1. The van der Waals surface area contributed by atoms with E-state index in [4.69, 9.17) is 27.9 Å². The van der Waals surface area contributed by atoms with Gasteiger partial charge in [-0.1, -0.05) is 29.3 Å². The molecule has 1 aromatic carbocycles. The number of nitrogens with zero attached hydrogens (tertiary/aromatic N) is 3. The molecular formula is C20H26Cl2N4O4. The summed E-state index contributed by atoms with van der Waals surface area (Å²) >= 11 is 12.1. The molecule has 1 N–H and O–H groups in total. The van der Waals surface area contributed by atoms with E-state index >= 15 is 0 Å². The molecule has 2 fully saturated rings. The van der Waals surface area contributed by atoms with Gasteiger partial charge in [0, 0.05) is 49.3 Å². The van der Waals surface area contributed by atoms with E-state index in [2.05, 4.69) is 5.32 Å². The minimum absolute atomic E-state index is 0.127. The van der Waals surface area contributed by atoms with Gasteiger partial charge in [-0.05, 0) is 24.6 Å². The van der Waals surface area contributed by atoms with E-state index in [1.807, 2.05) is 11.8 Å². The molecule has 3 rings (SSSR count). The fraction of sp³-hybridized carbons (Fsp3) is 0.550. The molecule has 0 saturated carbocycles. The van der Waals surface area contributed by atoms with E-state index in [1.165, 1.54) is 4.90 Å². The summed E-state index contributed by atoms with van der Waals surface area (Å²) < 4.78 is 5.22. The lowest BCUT2D eigenvalue weighted by atomic mass is 10.1. The van der Waals surface area contributed by atoms with Gasteiger partial charge in [-0.25, -0.2) is 0 Å². The second-order valence-corrected chi connectivity index (χ2v) is 8.27. The van der Waals surface area contributed by atoms with Crippen molar-refractivity contribution in [3.8, 4) is 0 Å². The average Bonchev–Trinajstić information content (AvgIpc) is 2.73. The number of carbonyl (C=O) groups is 3. The summed E-state index contributed by atoms with van der Waals surface area (Å²) in [6.07, 6.45) is 0. The van der Waals surface area contributed by atoms with Gasteiger partial charge in [0.15, 0.2) is 0 Å². The van der Waals surface area contributed by atoms with Crippen molar-refractivity contribution in [1.82, 2.24) is 20.0 Å². The number of benzene rings is 1. The van der Waals surface area contributed by atoms with Crippen LogP contribution in [0.2, 0.25) is 10.0 Å². The molecule has 164 valence electrons. The molecule has 8 nitrogen and oxygen atoms in total. The first-order chi connectivity index (χ1) is 14.3. The molecule has 2 aliphatic heterocycles. The maximum atomic E-state index is 12.5. The molecule has 0 bridgehead atoms. The van der Waals surface area contributed by atoms with Crippen LogP contribution < -0.4 is 5.32 Å². The van der Waals surface area contributed by atoms with Gasteiger partial charge in [-0.3, -0.25) is 19.3 Å². The lowest BCUT2D eigenvalue weighted by Gasteiger charge is -2.35. The Morgan fingerprint density at radius 2 is 1.60 bits per heavy atom. The molecule has 10 heteroatoms. The second kappa shape index (κ2) is 10.4. The SMILES string of the molecule is C[C@H](NC(=O)CN1CCN(C(=O)C(=O)N2CCOCC2)CC1)c1ccc(Cl)cc1Cl. The molecule has 30 heavy (non-hydrogen) atoms. The van der Waals surface area contributed by atoms with Crippen LogP contribution in [0.3, 0.4) is 0 Å². The highest BCUT2D eigenvalue weighted by Gasteiger charge is 2.30. The predicted molar refractivity (Wildman–Crippen MR) is 113 cm³/mol. The Balaban J connectivity index is 1.44. The van der Waals surface area contributed by atoms with Crippen molar-refractivity contribution in [3.05, 3.63) is 33.8 Å². The van der Waals surface area contributed by atoms with Crippen LogP contribution in [-0.4, -0.2) is 91.4 Å². The Kier molecular flexibility index (Phi) is 7.93. The fourth-order valence-electron chi connectivity index (χ4n) is 3.57. The summed E-state index contributed by atoms with van der Waals surface area (Å²) in [6.45, 7) is 5.79. The predicted octanol–water partition coefficient (Wildman–Crippen LogP) is 1.17. The fourth-order valence-corrected chi connectivity index (χ4v) is 4.14. The first kappa shape index (κ1) is 22.8. The Hall–Kier alpha value is -1.87. The largest absolute Gasteiger partial charge is 0.378 e. The molecule has 0 spiro atoms. The molecule has 0 aromatic heterocycles. The number of rotatable bonds is 4. The minimum atomic E-state index is -0.480. The van der Waals surface area contributed by atoms with Crippen LogP contribution in [0.25, 0.3) is 0 Å². The maximum Gasteiger partial charge on any atom is 0.312 e. The normalized spacial score (nSPS) is 18.8. The summed E-state index contributed by atoms with van der Waals surface area (Å²) in [7, 11) is 0. The van der Waals surface area contributed by atoms with Gasteiger partial charge in [0.1, 0.15) is 0 Å². The number of piperazine rings is 1. The van der Waals surface area contributed by atoms with Gasteiger partial charge >= 0.3 is 11.8 Å². The zero-order valence-corrected chi connectivity index (χ0v) is 18.4. The van der Waals surface area contributed by atoms with Gasteiger partial charge < -0.3 is 19.9 Å². The minimum Gasteiger partial charge on any atom is -0.378 e. The van der Waals surface area contributed by atoms with Crippen LogP contribution >= 0.6 is 23.2 Å². The first-order valence-electron chi connectivity index (χ1n) is 9.97. The molecule has 2 saturated heterocycles. The van der Waals surface area contributed by atoms with Gasteiger partial charge in [-0.2, -0.15) is 0 Å². The number of nitrogens with one attached hydrogen (secondary N) is 1. The van der Waals surface area contributed by atoms with E-state index in [-0.39, 0.29) is 18.5 Å². The highest BCUT2D eigenvalue weighted by molar-refractivity contribution is 6.35. The highest BCUT2D eigenvalue weighted by Crippen LogP contribution is 2.26. The smallest absolute Gasteiger partial charge is 0.312 e. The average molecular weight is 457 g/mol. The van der Waals surface area contributed by atoms with Crippen molar-refractivity contribution in [2.45, 2.75) is 13.0 Å². The zero-order chi connectivity index (χ0) is 21.7. The van der Waals surface area contributed by atoms with Crippen LogP contribution in [-0.2, 0) is 19.1 Å². The number of hydrogen-bond acceptors (Lipinski definition) is 5. The molecule has 3 amide bonds. The number of hydrogen-bond donors (Lipinski definition) is 1. The molecular weight excluding hydrogens is 431 g/mol. The van der Waals surface area contributed by atoms with E-state index in [0.29, 0.717) is 62.5 Å². The van der Waals surface area contributed by atoms with Crippen LogP contribution in [0.5, 0.6) is 0 Å². The third-order valence-corrected chi connectivity index (χ3v) is 5.88. The molecule has 0 radical (unpaired) electrons. The quantitative estimate of drug-likeness (QED) is 0.687. The van der Waals surface area contributed by atoms with Gasteiger partial charge in [0.25, 0.3) is 0 Å². The van der Waals surface area contributed by atoms with Crippen molar-refractivity contribution in [2.75, 3.05) is 59.0 Å². The molecule has 2 aliphatic rings. The van der Waals surface area contributed by atoms with Crippen molar-refractivity contribution in [2.24, 2.45) is 0 Å². The third kappa shape index (κ3) is 5.85. The molecule has 1 aromatic rings. The van der Waals surface area contributed by atoms with E-state index < -0.39 is 11.8 Å².